The first-order valence-electron chi connectivity index (χ1n) is 6.63. The van der Waals surface area contributed by atoms with Gasteiger partial charge in [0.15, 0.2) is 0 Å². The fraction of sp³-hybridized carbons (Fsp3) is 0.500. The van der Waals surface area contributed by atoms with E-state index in [4.69, 9.17) is 5.84 Å². The summed E-state index contributed by atoms with van der Waals surface area (Å²) < 4.78 is 0. The minimum atomic E-state index is -0.0221. The van der Waals surface area contributed by atoms with Gasteiger partial charge in [-0.05, 0) is 43.4 Å². The number of rotatable bonds is 3. The number of nitrogen functional groups attached to an aromatic ring is 1. The number of aliphatic hydroxyl groups excluding tert-OH is 1. The summed E-state index contributed by atoms with van der Waals surface area (Å²) in [5, 5.41) is 9.23. The average molecular weight is 263 g/mol. The van der Waals surface area contributed by atoms with Crippen molar-refractivity contribution in [2.75, 3.05) is 25.1 Å². The van der Waals surface area contributed by atoms with E-state index in [0.29, 0.717) is 17.8 Å². The summed E-state index contributed by atoms with van der Waals surface area (Å²) in [4.78, 5) is 14.3. The highest BCUT2D eigenvalue weighted by Crippen LogP contribution is 2.22. The Hall–Kier alpha value is -1.59. The van der Waals surface area contributed by atoms with E-state index in [2.05, 4.69) is 5.43 Å². The van der Waals surface area contributed by atoms with Gasteiger partial charge in [0.05, 0.1) is 11.3 Å². The summed E-state index contributed by atoms with van der Waals surface area (Å²) >= 11 is 0. The van der Waals surface area contributed by atoms with Crippen LogP contribution < -0.4 is 11.3 Å². The standard InChI is InChI=1S/C14H21N3O2/c1-10-4-5-12(13(7-10)16-15)14(19)17-6-2-3-11(8-17)9-18/h4-5,7,11,16,18H,2-3,6,8-9,15H2,1H3. The van der Waals surface area contributed by atoms with Crippen molar-refractivity contribution < 1.29 is 9.90 Å². The molecule has 1 atom stereocenters. The highest BCUT2D eigenvalue weighted by Gasteiger charge is 2.25. The first-order valence-corrected chi connectivity index (χ1v) is 6.63. The van der Waals surface area contributed by atoms with Gasteiger partial charge in [-0.3, -0.25) is 10.6 Å². The second-order valence-corrected chi connectivity index (χ2v) is 5.14. The van der Waals surface area contributed by atoms with E-state index in [-0.39, 0.29) is 18.4 Å². The predicted octanol–water partition coefficient (Wildman–Crippen LogP) is 1.13. The summed E-state index contributed by atoms with van der Waals surface area (Å²) in [5.74, 6) is 5.65. The molecule has 0 radical (unpaired) electrons. The molecular weight excluding hydrogens is 242 g/mol. The fourth-order valence-electron chi connectivity index (χ4n) is 2.53. The van der Waals surface area contributed by atoms with Crippen LogP contribution in [0, 0.1) is 12.8 Å². The number of nitrogens with zero attached hydrogens (tertiary/aromatic N) is 1. The molecule has 1 aromatic carbocycles. The Balaban J connectivity index is 2.19. The number of nitrogens with two attached hydrogens (primary N) is 1. The maximum Gasteiger partial charge on any atom is 0.256 e. The van der Waals surface area contributed by atoms with E-state index in [1.807, 2.05) is 19.1 Å². The Labute approximate surface area is 113 Å². The number of likely N-dealkylation sites (tertiary alicyclic amines) is 1. The lowest BCUT2D eigenvalue weighted by molar-refractivity contribution is 0.0621. The quantitative estimate of drug-likeness (QED) is 0.564. The molecule has 1 saturated heterocycles. The van der Waals surface area contributed by atoms with Crippen molar-refractivity contribution in [3.8, 4) is 0 Å². The molecule has 0 aliphatic carbocycles. The van der Waals surface area contributed by atoms with Crippen LogP contribution in [-0.2, 0) is 0 Å². The topological polar surface area (TPSA) is 78.6 Å². The molecule has 0 aromatic heterocycles. The Morgan fingerprint density at radius 3 is 3.05 bits per heavy atom. The number of hydrazine groups is 1. The molecule has 19 heavy (non-hydrogen) atoms. The summed E-state index contributed by atoms with van der Waals surface area (Å²) in [7, 11) is 0. The molecule has 5 nitrogen and oxygen atoms in total. The zero-order valence-electron chi connectivity index (χ0n) is 11.2. The lowest BCUT2D eigenvalue weighted by Gasteiger charge is -2.32. The van der Waals surface area contributed by atoms with Gasteiger partial charge in [-0.15, -0.1) is 0 Å². The molecule has 1 aromatic rings. The number of amides is 1. The van der Waals surface area contributed by atoms with Crippen LogP contribution >= 0.6 is 0 Å². The number of piperidine rings is 1. The summed E-state index contributed by atoms with van der Waals surface area (Å²) in [5.41, 5.74) is 4.88. The SMILES string of the molecule is Cc1ccc(C(=O)N2CCCC(CO)C2)c(NN)c1. The Bertz CT molecular complexity index is 462. The maximum atomic E-state index is 12.5. The molecule has 1 amide bonds. The molecule has 0 bridgehead atoms. The molecule has 1 aliphatic heterocycles. The van der Waals surface area contributed by atoms with Crippen molar-refractivity contribution in [1.82, 2.24) is 4.90 Å². The number of anilines is 1. The molecule has 0 saturated carbocycles. The molecule has 0 spiro atoms. The lowest BCUT2D eigenvalue weighted by Crippen LogP contribution is -2.41. The zero-order valence-corrected chi connectivity index (χ0v) is 11.2. The van der Waals surface area contributed by atoms with Gasteiger partial charge < -0.3 is 15.4 Å². The predicted molar refractivity (Wildman–Crippen MR) is 74.7 cm³/mol. The molecule has 104 valence electrons. The van der Waals surface area contributed by atoms with Crippen LogP contribution in [0.3, 0.4) is 0 Å². The largest absolute Gasteiger partial charge is 0.396 e. The highest BCUT2D eigenvalue weighted by atomic mass is 16.3. The van der Waals surface area contributed by atoms with E-state index >= 15 is 0 Å². The Morgan fingerprint density at radius 1 is 1.58 bits per heavy atom. The molecule has 4 N–H and O–H groups in total. The van der Waals surface area contributed by atoms with Crippen molar-refractivity contribution in [3.63, 3.8) is 0 Å². The van der Waals surface area contributed by atoms with E-state index < -0.39 is 0 Å². The van der Waals surface area contributed by atoms with E-state index in [9.17, 15) is 9.90 Å². The number of benzene rings is 1. The van der Waals surface area contributed by atoms with Crippen molar-refractivity contribution in [3.05, 3.63) is 29.3 Å². The van der Waals surface area contributed by atoms with Crippen LogP contribution in [0.25, 0.3) is 0 Å². The van der Waals surface area contributed by atoms with Gasteiger partial charge in [0.1, 0.15) is 0 Å². The number of hydrogen-bond acceptors (Lipinski definition) is 4. The number of nitrogens with one attached hydrogen (secondary N) is 1. The van der Waals surface area contributed by atoms with Gasteiger partial charge in [0.25, 0.3) is 5.91 Å². The summed E-state index contributed by atoms with van der Waals surface area (Å²) in [6.07, 6.45) is 1.92. The zero-order chi connectivity index (χ0) is 13.8. The van der Waals surface area contributed by atoms with Crippen LogP contribution in [0.4, 0.5) is 5.69 Å². The molecule has 1 fully saturated rings. The third kappa shape index (κ3) is 3.05. The van der Waals surface area contributed by atoms with Gasteiger partial charge in [0.2, 0.25) is 0 Å². The summed E-state index contributed by atoms with van der Waals surface area (Å²) in [6.45, 7) is 3.46. The van der Waals surface area contributed by atoms with Crippen molar-refractivity contribution in [2.24, 2.45) is 11.8 Å². The number of aliphatic hydroxyl groups is 1. The molecule has 2 rings (SSSR count). The van der Waals surface area contributed by atoms with Gasteiger partial charge in [-0.1, -0.05) is 6.07 Å². The van der Waals surface area contributed by atoms with Gasteiger partial charge >= 0.3 is 0 Å². The lowest BCUT2D eigenvalue weighted by atomic mass is 9.98. The highest BCUT2D eigenvalue weighted by molar-refractivity contribution is 5.99. The first-order chi connectivity index (χ1) is 9.15. The van der Waals surface area contributed by atoms with Crippen LogP contribution in [0.2, 0.25) is 0 Å². The van der Waals surface area contributed by atoms with Crippen LogP contribution in [0.15, 0.2) is 18.2 Å². The van der Waals surface area contributed by atoms with Crippen LogP contribution in [0.1, 0.15) is 28.8 Å². The minimum Gasteiger partial charge on any atom is -0.396 e. The number of carbonyl (C=O) groups excluding carboxylic acids is 1. The maximum absolute atomic E-state index is 12.5. The van der Waals surface area contributed by atoms with E-state index in [1.54, 1.807) is 11.0 Å². The van der Waals surface area contributed by atoms with E-state index in [0.717, 1.165) is 24.9 Å². The van der Waals surface area contributed by atoms with Gasteiger partial charge in [-0.25, -0.2) is 0 Å². The van der Waals surface area contributed by atoms with Crippen LogP contribution in [-0.4, -0.2) is 35.6 Å². The molecule has 1 aliphatic rings. The second-order valence-electron chi connectivity index (χ2n) is 5.14. The molecule has 5 heteroatoms. The van der Waals surface area contributed by atoms with Crippen molar-refractivity contribution in [1.29, 1.82) is 0 Å². The van der Waals surface area contributed by atoms with Gasteiger partial charge in [-0.2, -0.15) is 0 Å². The number of aryl methyl sites for hydroxylation is 1. The Morgan fingerprint density at radius 2 is 2.37 bits per heavy atom. The Kier molecular flexibility index (Phi) is 4.39. The second kappa shape index (κ2) is 6.04. The smallest absolute Gasteiger partial charge is 0.256 e. The van der Waals surface area contributed by atoms with Crippen molar-refractivity contribution >= 4 is 11.6 Å². The molecule has 1 heterocycles. The summed E-state index contributed by atoms with van der Waals surface area (Å²) in [6, 6.07) is 5.57. The minimum absolute atomic E-state index is 0.0221. The monoisotopic (exact) mass is 263 g/mol. The molecular formula is C14H21N3O2. The van der Waals surface area contributed by atoms with Gasteiger partial charge in [0, 0.05) is 19.7 Å². The number of hydrogen-bond donors (Lipinski definition) is 3. The van der Waals surface area contributed by atoms with E-state index in [1.165, 1.54) is 0 Å². The average Bonchev–Trinajstić information content (AvgIpc) is 2.46. The fourth-order valence-corrected chi connectivity index (χ4v) is 2.53. The third-order valence-corrected chi connectivity index (χ3v) is 3.63. The van der Waals surface area contributed by atoms with Crippen molar-refractivity contribution in [2.45, 2.75) is 19.8 Å². The van der Waals surface area contributed by atoms with Crippen LogP contribution in [0.5, 0.6) is 0 Å². The number of carbonyl (C=O) groups is 1. The third-order valence-electron chi connectivity index (χ3n) is 3.63. The molecule has 1 unspecified atom stereocenters. The normalized spacial score (nSPS) is 19.3. The first kappa shape index (κ1) is 13.8.